The minimum atomic E-state index is 0.132. The van der Waals surface area contributed by atoms with Crippen molar-refractivity contribution in [3.05, 3.63) is 53.5 Å². The van der Waals surface area contributed by atoms with E-state index in [1.165, 1.54) is 31.2 Å². The van der Waals surface area contributed by atoms with Gasteiger partial charge in [-0.25, -0.2) is 4.98 Å². The summed E-state index contributed by atoms with van der Waals surface area (Å²) in [6, 6.07) is 9.97. The molecule has 0 atom stereocenters. The van der Waals surface area contributed by atoms with Crippen LogP contribution < -0.4 is 14.8 Å². The number of nitrogens with one attached hydrogen (secondary N) is 1. The van der Waals surface area contributed by atoms with Gasteiger partial charge >= 0.3 is 0 Å². The number of aliphatic hydroxyl groups excluding tert-OH is 1. The first-order valence-electron chi connectivity index (χ1n) is 12.2. The molecule has 182 valence electrons. The third-order valence-electron chi connectivity index (χ3n) is 6.10. The Bertz CT molecular complexity index is 1030. The van der Waals surface area contributed by atoms with Gasteiger partial charge in [-0.2, -0.15) is 4.98 Å². The third kappa shape index (κ3) is 6.77. The number of nitrogens with zero attached hydrogens (tertiary/aromatic N) is 3. The van der Waals surface area contributed by atoms with Crippen LogP contribution in [0.2, 0.25) is 0 Å². The molecule has 34 heavy (non-hydrogen) atoms. The van der Waals surface area contributed by atoms with E-state index in [0.29, 0.717) is 56.2 Å². The topological polar surface area (TPSA) is 103 Å². The van der Waals surface area contributed by atoms with Crippen LogP contribution in [0.15, 0.2) is 41.1 Å². The van der Waals surface area contributed by atoms with Crippen molar-refractivity contribution in [2.75, 3.05) is 32.9 Å². The summed E-state index contributed by atoms with van der Waals surface area (Å²) >= 11 is 0. The SMILES string of the molecule is Cc1cc(CCc2noc(-c3cccnc3OCC3CCCC3)n2)ccc1OCCNCCO. The summed E-state index contributed by atoms with van der Waals surface area (Å²) in [6.07, 6.45) is 8.22. The van der Waals surface area contributed by atoms with Gasteiger partial charge in [0, 0.05) is 25.7 Å². The van der Waals surface area contributed by atoms with Crippen LogP contribution in [0.3, 0.4) is 0 Å². The molecule has 8 heteroatoms. The highest BCUT2D eigenvalue weighted by Crippen LogP contribution is 2.29. The van der Waals surface area contributed by atoms with E-state index in [1.807, 2.05) is 25.1 Å². The summed E-state index contributed by atoms with van der Waals surface area (Å²) in [5.74, 6) is 3.14. The van der Waals surface area contributed by atoms with Crippen LogP contribution in [0, 0.1) is 12.8 Å². The molecule has 0 radical (unpaired) electrons. The van der Waals surface area contributed by atoms with Crippen molar-refractivity contribution in [1.29, 1.82) is 0 Å². The van der Waals surface area contributed by atoms with Gasteiger partial charge in [-0.1, -0.05) is 30.1 Å². The van der Waals surface area contributed by atoms with Crippen molar-refractivity contribution in [3.63, 3.8) is 0 Å². The molecule has 2 heterocycles. The quantitative estimate of drug-likeness (QED) is 0.367. The predicted molar refractivity (Wildman–Crippen MR) is 129 cm³/mol. The molecule has 2 N–H and O–H groups in total. The van der Waals surface area contributed by atoms with Gasteiger partial charge in [0.15, 0.2) is 5.82 Å². The Labute approximate surface area is 200 Å². The van der Waals surface area contributed by atoms with Gasteiger partial charge in [0.05, 0.1) is 13.2 Å². The number of aliphatic hydroxyl groups is 1. The number of aromatic nitrogens is 3. The zero-order chi connectivity index (χ0) is 23.6. The molecule has 1 saturated carbocycles. The standard InChI is InChI=1S/C26H34N4O4/c1-19-17-20(8-10-23(19)32-16-14-27-13-15-31)9-11-24-29-26(34-30-24)22-7-4-12-28-25(22)33-18-21-5-2-3-6-21/h4,7-8,10,12,17,21,27,31H,2-3,5-6,9,11,13-16,18H2,1H3. The molecule has 0 bridgehead atoms. The Morgan fingerprint density at radius 1 is 1.12 bits per heavy atom. The maximum absolute atomic E-state index is 8.79. The minimum Gasteiger partial charge on any atom is -0.492 e. The molecule has 4 rings (SSSR count). The van der Waals surface area contributed by atoms with Crippen LogP contribution >= 0.6 is 0 Å². The molecule has 0 unspecified atom stereocenters. The highest BCUT2D eigenvalue weighted by molar-refractivity contribution is 5.59. The Morgan fingerprint density at radius 2 is 2.00 bits per heavy atom. The molecule has 0 spiro atoms. The van der Waals surface area contributed by atoms with E-state index in [9.17, 15) is 0 Å². The molecular formula is C26H34N4O4. The number of hydrogen-bond acceptors (Lipinski definition) is 8. The van der Waals surface area contributed by atoms with Crippen molar-refractivity contribution >= 4 is 0 Å². The fraction of sp³-hybridized carbons (Fsp3) is 0.500. The molecule has 8 nitrogen and oxygen atoms in total. The first kappa shape index (κ1) is 24.2. The fourth-order valence-electron chi connectivity index (χ4n) is 4.23. The molecule has 3 aromatic rings. The van der Waals surface area contributed by atoms with Crippen molar-refractivity contribution in [2.24, 2.45) is 5.92 Å². The second-order valence-electron chi connectivity index (χ2n) is 8.76. The Balaban J connectivity index is 1.31. The summed E-state index contributed by atoms with van der Waals surface area (Å²) in [5, 5.41) is 16.1. The molecule has 0 aliphatic heterocycles. The van der Waals surface area contributed by atoms with E-state index in [0.717, 1.165) is 23.3 Å². The number of pyridine rings is 1. The van der Waals surface area contributed by atoms with Gasteiger partial charge in [-0.05, 0) is 61.4 Å². The average molecular weight is 467 g/mol. The molecule has 1 aromatic carbocycles. The lowest BCUT2D eigenvalue weighted by atomic mass is 10.1. The van der Waals surface area contributed by atoms with Crippen molar-refractivity contribution in [1.82, 2.24) is 20.4 Å². The summed E-state index contributed by atoms with van der Waals surface area (Å²) in [7, 11) is 0. The molecule has 2 aromatic heterocycles. The third-order valence-corrected chi connectivity index (χ3v) is 6.10. The highest BCUT2D eigenvalue weighted by Gasteiger charge is 2.19. The van der Waals surface area contributed by atoms with Crippen LogP contribution in [0.1, 0.15) is 42.6 Å². The van der Waals surface area contributed by atoms with Gasteiger partial charge < -0.3 is 24.4 Å². The van der Waals surface area contributed by atoms with E-state index in [4.69, 9.17) is 19.1 Å². The monoisotopic (exact) mass is 466 g/mol. The van der Waals surface area contributed by atoms with Crippen LogP contribution in [-0.4, -0.2) is 53.1 Å². The number of ether oxygens (including phenoxy) is 2. The van der Waals surface area contributed by atoms with Gasteiger partial charge in [0.1, 0.15) is 17.9 Å². The summed E-state index contributed by atoms with van der Waals surface area (Å²) in [6.45, 7) is 4.70. The van der Waals surface area contributed by atoms with E-state index < -0.39 is 0 Å². The highest BCUT2D eigenvalue weighted by atomic mass is 16.5. The van der Waals surface area contributed by atoms with E-state index in [2.05, 4.69) is 32.6 Å². The largest absolute Gasteiger partial charge is 0.492 e. The van der Waals surface area contributed by atoms with E-state index >= 15 is 0 Å². The zero-order valence-corrected chi connectivity index (χ0v) is 19.8. The normalized spacial score (nSPS) is 13.9. The van der Waals surface area contributed by atoms with Gasteiger partial charge in [0.2, 0.25) is 5.88 Å². The number of benzene rings is 1. The van der Waals surface area contributed by atoms with Gasteiger partial charge in [-0.15, -0.1) is 0 Å². The number of rotatable bonds is 13. The lowest BCUT2D eigenvalue weighted by Crippen LogP contribution is -2.24. The van der Waals surface area contributed by atoms with Crippen molar-refractivity contribution < 1.29 is 19.1 Å². The zero-order valence-electron chi connectivity index (χ0n) is 19.8. The number of hydrogen-bond donors (Lipinski definition) is 2. The Morgan fingerprint density at radius 3 is 2.82 bits per heavy atom. The second-order valence-corrected chi connectivity index (χ2v) is 8.76. The first-order chi connectivity index (χ1) is 16.7. The summed E-state index contributed by atoms with van der Waals surface area (Å²) in [5.41, 5.74) is 3.02. The van der Waals surface area contributed by atoms with Crippen LogP contribution in [0.5, 0.6) is 11.6 Å². The van der Waals surface area contributed by atoms with E-state index in [1.54, 1.807) is 6.20 Å². The fourth-order valence-corrected chi connectivity index (χ4v) is 4.23. The smallest absolute Gasteiger partial charge is 0.263 e. The second kappa shape index (κ2) is 12.5. The Hall–Kier alpha value is -2.97. The Kier molecular flexibility index (Phi) is 8.87. The van der Waals surface area contributed by atoms with E-state index in [-0.39, 0.29) is 6.61 Å². The average Bonchev–Trinajstić information content (AvgIpc) is 3.55. The van der Waals surface area contributed by atoms with Crippen LogP contribution in [0.25, 0.3) is 11.5 Å². The van der Waals surface area contributed by atoms with Crippen LogP contribution in [-0.2, 0) is 12.8 Å². The maximum atomic E-state index is 8.79. The van der Waals surface area contributed by atoms with Crippen LogP contribution in [0.4, 0.5) is 0 Å². The van der Waals surface area contributed by atoms with Crippen molar-refractivity contribution in [2.45, 2.75) is 45.4 Å². The lowest BCUT2D eigenvalue weighted by Gasteiger charge is -2.11. The molecule has 1 fully saturated rings. The molecule has 0 saturated heterocycles. The lowest BCUT2D eigenvalue weighted by molar-refractivity contribution is 0.244. The summed E-state index contributed by atoms with van der Waals surface area (Å²) < 4.78 is 17.4. The molecular weight excluding hydrogens is 432 g/mol. The van der Waals surface area contributed by atoms with Gasteiger partial charge in [-0.3, -0.25) is 0 Å². The molecule has 1 aliphatic rings. The molecule has 1 aliphatic carbocycles. The maximum Gasteiger partial charge on any atom is 0.263 e. The minimum absolute atomic E-state index is 0.132. The predicted octanol–water partition coefficient (Wildman–Crippen LogP) is 3.75. The van der Waals surface area contributed by atoms with Gasteiger partial charge in [0.25, 0.3) is 5.89 Å². The number of aryl methyl sites for hydroxylation is 3. The molecule has 0 amide bonds. The first-order valence-corrected chi connectivity index (χ1v) is 12.2. The van der Waals surface area contributed by atoms with Crippen molar-refractivity contribution in [3.8, 4) is 23.1 Å². The summed E-state index contributed by atoms with van der Waals surface area (Å²) in [4.78, 5) is 8.99.